The minimum atomic E-state index is 0.300. The molecule has 102 valence electrons. The van der Waals surface area contributed by atoms with Gasteiger partial charge in [0.2, 0.25) is 5.95 Å². The van der Waals surface area contributed by atoms with Gasteiger partial charge in [-0.15, -0.1) is 0 Å². The lowest BCUT2D eigenvalue weighted by Crippen LogP contribution is -2.14. The van der Waals surface area contributed by atoms with E-state index in [1.807, 2.05) is 6.07 Å². The predicted molar refractivity (Wildman–Crippen MR) is 77.8 cm³/mol. The van der Waals surface area contributed by atoms with Crippen molar-refractivity contribution in [3.8, 4) is 0 Å². The van der Waals surface area contributed by atoms with E-state index in [1.165, 1.54) is 0 Å². The summed E-state index contributed by atoms with van der Waals surface area (Å²) in [5.41, 5.74) is 6.00. The molecule has 1 heterocycles. The number of rotatable bonds is 6. The second-order valence-electron chi connectivity index (χ2n) is 5.66. The molecule has 0 aliphatic carbocycles. The van der Waals surface area contributed by atoms with Gasteiger partial charge in [0, 0.05) is 19.2 Å². The molecular weight excluding hydrogens is 226 g/mol. The monoisotopic (exact) mass is 251 g/mol. The number of nitrogens with two attached hydrogens (primary N) is 1. The van der Waals surface area contributed by atoms with Gasteiger partial charge < -0.3 is 16.4 Å². The van der Waals surface area contributed by atoms with Crippen molar-refractivity contribution in [2.75, 3.05) is 29.5 Å². The van der Waals surface area contributed by atoms with Crippen LogP contribution in [-0.2, 0) is 0 Å². The Kier molecular flexibility index (Phi) is 5.19. The normalized spacial score (nSPS) is 11.3. The second-order valence-corrected chi connectivity index (χ2v) is 5.66. The summed E-state index contributed by atoms with van der Waals surface area (Å²) in [5.74, 6) is 1.86. The van der Waals surface area contributed by atoms with E-state index in [4.69, 9.17) is 5.73 Å². The smallest absolute Gasteiger partial charge is 0.223 e. The minimum Gasteiger partial charge on any atom is -0.370 e. The van der Waals surface area contributed by atoms with Crippen LogP contribution in [0.3, 0.4) is 0 Å². The summed E-state index contributed by atoms with van der Waals surface area (Å²) in [7, 11) is 0. The van der Waals surface area contributed by atoms with Gasteiger partial charge in [-0.1, -0.05) is 27.7 Å². The van der Waals surface area contributed by atoms with Crippen LogP contribution in [0.25, 0.3) is 0 Å². The highest BCUT2D eigenvalue weighted by Crippen LogP contribution is 2.19. The van der Waals surface area contributed by atoms with E-state index in [0.717, 1.165) is 37.6 Å². The summed E-state index contributed by atoms with van der Waals surface area (Å²) in [6, 6.07) is 1.90. The van der Waals surface area contributed by atoms with Crippen LogP contribution in [0.2, 0.25) is 0 Å². The molecule has 1 rings (SSSR count). The quantitative estimate of drug-likeness (QED) is 0.724. The van der Waals surface area contributed by atoms with Gasteiger partial charge in [-0.3, -0.25) is 0 Å². The first-order chi connectivity index (χ1) is 8.40. The van der Waals surface area contributed by atoms with Crippen LogP contribution in [0.5, 0.6) is 0 Å². The molecule has 1 aromatic heterocycles. The molecule has 0 spiro atoms. The first-order valence-corrected chi connectivity index (χ1v) is 6.53. The lowest BCUT2D eigenvalue weighted by molar-refractivity contribution is 0.389. The van der Waals surface area contributed by atoms with Crippen LogP contribution in [0.4, 0.5) is 17.6 Å². The van der Waals surface area contributed by atoms with Crippen molar-refractivity contribution >= 4 is 17.6 Å². The predicted octanol–water partition coefficient (Wildman–Crippen LogP) is 2.73. The molecule has 5 heteroatoms. The van der Waals surface area contributed by atoms with Gasteiger partial charge in [-0.25, -0.2) is 0 Å². The fourth-order valence-corrected chi connectivity index (χ4v) is 1.47. The maximum atomic E-state index is 5.69. The zero-order chi connectivity index (χ0) is 13.6. The Labute approximate surface area is 110 Å². The van der Waals surface area contributed by atoms with Gasteiger partial charge in [0.05, 0.1) is 0 Å². The largest absolute Gasteiger partial charge is 0.370 e. The third-order valence-electron chi connectivity index (χ3n) is 2.48. The van der Waals surface area contributed by atoms with E-state index in [-0.39, 0.29) is 0 Å². The summed E-state index contributed by atoms with van der Waals surface area (Å²) in [4.78, 5) is 8.32. The minimum absolute atomic E-state index is 0.300. The number of nitrogens with zero attached hydrogens (tertiary/aromatic N) is 2. The van der Waals surface area contributed by atoms with Crippen LogP contribution in [0.1, 0.15) is 40.5 Å². The summed E-state index contributed by atoms with van der Waals surface area (Å²) < 4.78 is 0. The molecule has 0 fully saturated rings. The fraction of sp³-hybridized carbons (Fsp3) is 0.692. The Morgan fingerprint density at radius 1 is 1.11 bits per heavy atom. The molecule has 0 atom stereocenters. The molecular formula is C13H25N5. The van der Waals surface area contributed by atoms with Gasteiger partial charge in [-0.05, 0) is 18.3 Å². The molecule has 0 radical (unpaired) electrons. The fourth-order valence-electron chi connectivity index (χ4n) is 1.47. The Hall–Kier alpha value is -1.52. The Morgan fingerprint density at radius 3 is 2.17 bits per heavy atom. The van der Waals surface area contributed by atoms with Crippen LogP contribution in [-0.4, -0.2) is 23.1 Å². The average molecular weight is 251 g/mol. The number of hydrogen-bond acceptors (Lipinski definition) is 5. The zero-order valence-corrected chi connectivity index (χ0v) is 11.9. The van der Waals surface area contributed by atoms with Gasteiger partial charge in [0.15, 0.2) is 0 Å². The van der Waals surface area contributed by atoms with Gasteiger partial charge in [0.1, 0.15) is 11.6 Å². The van der Waals surface area contributed by atoms with E-state index in [1.54, 1.807) is 0 Å². The van der Waals surface area contributed by atoms with Crippen molar-refractivity contribution in [1.82, 2.24) is 9.97 Å². The number of aromatic nitrogens is 2. The Bertz CT molecular complexity index is 370. The molecule has 0 aliphatic rings. The molecule has 4 N–H and O–H groups in total. The van der Waals surface area contributed by atoms with Gasteiger partial charge in [0.25, 0.3) is 0 Å². The van der Waals surface area contributed by atoms with Crippen LogP contribution in [0.15, 0.2) is 6.07 Å². The molecule has 0 saturated carbocycles. The van der Waals surface area contributed by atoms with E-state index >= 15 is 0 Å². The molecule has 0 aromatic carbocycles. The van der Waals surface area contributed by atoms with Crippen molar-refractivity contribution in [2.24, 2.45) is 5.41 Å². The molecule has 18 heavy (non-hydrogen) atoms. The lowest BCUT2D eigenvalue weighted by atomic mass is 9.92. The Balaban J connectivity index is 2.57. The molecule has 1 aromatic rings. The molecule has 0 bridgehead atoms. The molecule has 0 unspecified atom stereocenters. The maximum absolute atomic E-state index is 5.69. The lowest BCUT2D eigenvalue weighted by Gasteiger charge is -2.18. The van der Waals surface area contributed by atoms with Crippen molar-refractivity contribution in [1.29, 1.82) is 0 Å². The highest BCUT2D eigenvalue weighted by Gasteiger charge is 2.09. The summed E-state index contributed by atoms with van der Waals surface area (Å²) in [6.07, 6.45) is 2.13. The zero-order valence-electron chi connectivity index (χ0n) is 11.9. The second kappa shape index (κ2) is 6.42. The average Bonchev–Trinajstić information content (AvgIpc) is 2.24. The van der Waals surface area contributed by atoms with Crippen LogP contribution >= 0.6 is 0 Å². The summed E-state index contributed by atoms with van der Waals surface area (Å²) in [5, 5.41) is 6.50. The number of anilines is 3. The molecule has 0 saturated heterocycles. The number of hydrogen-bond donors (Lipinski definition) is 3. The van der Waals surface area contributed by atoms with E-state index < -0.39 is 0 Å². The van der Waals surface area contributed by atoms with Crippen molar-refractivity contribution in [3.05, 3.63) is 6.07 Å². The van der Waals surface area contributed by atoms with E-state index in [0.29, 0.717) is 11.4 Å². The highest BCUT2D eigenvalue weighted by atomic mass is 15.1. The van der Waals surface area contributed by atoms with Gasteiger partial charge >= 0.3 is 0 Å². The number of nitrogens with one attached hydrogen (secondary N) is 2. The van der Waals surface area contributed by atoms with Gasteiger partial charge in [-0.2, -0.15) is 9.97 Å². The van der Waals surface area contributed by atoms with Crippen molar-refractivity contribution < 1.29 is 0 Å². The third-order valence-corrected chi connectivity index (χ3v) is 2.48. The topological polar surface area (TPSA) is 75.9 Å². The Morgan fingerprint density at radius 2 is 1.67 bits per heavy atom. The van der Waals surface area contributed by atoms with E-state index in [2.05, 4.69) is 48.3 Å². The first-order valence-electron chi connectivity index (χ1n) is 6.53. The number of nitrogen functional groups attached to an aromatic ring is 1. The molecule has 0 amide bonds. The summed E-state index contributed by atoms with van der Waals surface area (Å²) in [6.45, 7) is 10.5. The highest BCUT2D eigenvalue weighted by molar-refractivity contribution is 5.50. The van der Waals surface area contributed by atoms with Crippen molar-refractivity contribution in [3.63, 3.8) is 0 Å². The standard InChI is InChI=1S/C13H25N5/c1-5-7-15-10-9-11(18-12(14)17-10)16-8-6-13(2,3)4/h9H,5-8H2,1-4H3,(H4,14,15,16,17,18). The third kappa shape index (κ3) is 5.70. The maximum Gasteiger partial charge on any atom is 0.223 e. The van der Waals surface area contributed by atoms with Crippen molar-refractivity contribution in [2.45, 2.75) is 40.5 Å². The van der Waals surface area contributed by atoms with Crippen LogP contribution < -0.4 is 16.4 Å². The van der Waals surface area contributed by atoms with E-state index in [9.17, 15) is 0 Å². The SMILES string of the molecule is CCCNc1cc(NCCC(C)(C)C)nc(N)n1. The molecule has 5 nitrogen and oxygen atoms in total. The van der Waals surface area contributed by atoms with Crippen LogP contribution in [0, 0.1) is 5.41 Å². The molecule has 0 aliphatic heterocycles. The first kappa shape index (κ1) is 14.5. The summed E-state index contributed by atoms with van der Waals surface area (Å²) >= 11 is 0.